The Morgan fingerprint density at radius 2 is 1.75 bits per heavy atom. The highest BCUT2D eigenvalue weighted by molar-refractivity contribution is 5.63. The Balaban J connectivity index is 3.64. The summed E-state index contributed by atoms with van der Waals surface area (Å²) in [4.78, 5) is 10.0. The Bertz CT molecular complexity index is 92.0. The van der Waals surface area contributed by atoms with Crippen LogP contribution in [0.5, 0.6) is 0 Å². The van der Waals surface area contributed by atoms with E-state index in [1.54, 1.807) is 14.1 Å². The fourth-order valence-corrected chi connectivity index (χ4v) is 0.171. The summed E-state index contributed by atoms with van der Waals surface area (Å²) in [6, 6.07) is 0. The molecule has 0 atom stereocenters. The predicted molar refractivity (Wildman–Crippen MR) is 29.5 cm³/mol. The average molecular weight is 118 g/mol. The molecular weight excluding hydrogens is 108 g/mol. The molecule has 0 rings (SSSR count). The smallest absolute Gasteiger partial charge is 0.421 e. The number of hydrazine groups is 1. The largest absolute Gasteiger partial charge is 0.464 e. The Hall–Kier alpha value is -0.770. The minimum Gasteiger partial charge on any atom is -0.464 e. The Kier molecular flexibility index (Phi) is 2.27. The summed E-state index contributed by atoms with van der Waals surface area (Å²) in [5.74, 6) is 0. The molecule has 0 aromatic rings. The maximum atomic E-state index is 10.0. The topological polar surface area (TPSA) is 43.8 Å². The lowest BCUT2D eigenvalue weighted by molar-refractivity contribution is 0.0537. The van der Waals surface area contributed by atoms with Crippen molar-refractivity contribution in [3.05, 3.63) is 0 Å². The first-order chi connectivity index (χ1) is 3.55. The second-order valence-electron chi connectivity index (χ2n) is 1.65. The molecule has 0 aromatic carbocycles. The lowest BCUT2D eigenvalue weighted by Crippen LogP contribution is -2.37. The molecule has 0 aliphatic rings. The third kappa shape index (κ3) is 1.79. The van der Waals surface area contributed by atoms with Crippen molar-refractivity contribution in [2.24, 2.45) is 0 Å². The molecule has 0 aromatic heterocycles. The van der Waals surface area contributed by atoms with Crippen LogP contribution < -0.4 is 0 Å². The standard InChI is InChI=1S/C4H10N2O2/c1-5(2)6(3)4(7)8/h1-3H3,(H,7,8). The molecule has 8 heavy (non-hydrogen) atoms. The first kappa shape index (κ1) is 7.23. The maximum absolute atomic E-state index is 10.0. The molecule has 0 aliphatic heterocycles. The van der Waals surface area contributed by atoms with E-state index in [0.29, 0.717) is 0 Å². The molecule has 4 heteroatoms. The Morgan fingerprint density at radius 1 is 1.38 bits per heavy atom. The van der Waals surface area contributed by atoms with Crippen LogP contribution >= 0.6 is 0 Å². The van der Waals surface area contributed by atoms with Gasteiger partial charge in [-0.05, 0) is 0 Å². The monoisotopic (exact) mass is 118 g/mol. The van der Waals surface area contributed by atoms with Crippen molar-refractivity contribution in [3.63, 3.8) is 0 Å². The normalized spacial score (nSPS) is 9.50. The summed E-state index contributed by atoms with van der Waals surface area (Å²) in [5, 5.41) is 10.8. The van der Waals surface area contributed by atoms with Gasteiger partial charge < -0.3 is 5.11 Å². The molecule has 0 saturated carbocycles. The highest BCUT2D eigenvalue weighted by Gasteiger charge is 2.04. The van der Waals surface area contributed by atoms with E-state index in [4.69, 9.17) is 5.11 Å². The van der Waals surface area contributed by atoms with Crippen molar-refractivity contribution >= 4 is 6.09 Å². The Labute approximate surface area is 48.3 Å². The molecule has 1 amide bonds. The number of amides is 1. The molecule has 0 heterocycles. The molecular formula is C4H10N2O2. The van der Waals surface area contributed by atoms with Gasteiger partial charge in [0.15, 0.2) is 0 Å². The number of nitrogens with zero attached hydrogens (tertiary/aromatic N) is 2. The summed E-state index contributed by atoms with van der Waals surface area (Å²) in [6.45, 7) is 0. The first-order valence-corrected chi connectivity index (χ1v) is 2.19. The van der Waals surface area contributed by atoms with Crippen LogP contribution in [-0.4, -0.2) is 42.4 Å². The number of carboxylic acid groups (broad SMARTS) is 1. The first-order valence-electron chi connectivity index (χ1n) is 2.19. The van der Waals surface area contributed by atoms with Gasteiger partial charge in [0.1, 0.15) is 0 Å². The van der Waals surface area contributed by atoms with Crippen molar-refractivity contribution in [2.75, 3.05) is 21.1 Å². The van der Waals surface area contributed by atoms with Crippen molar-refractivity contribution in [1.29, 1.82) is 0 Å². The fourth-order valence-electron chi connectivity index (χ4n) is 0.171. The zero-order chi connectivity index (χ0) is 6.73. The predicted octanol–water partition coefficient (Wildman–Crippen LogP) is 0.0728. The quantitative estimate of drug-likeness (QED) is 0.495. The lowest BCUT2D eigenvalue weighted by Gasteiger charge is -2.19. The molecule has 0 fully saturated rings. The molecule has 0 bridgehead atoms. The maximum Gasteiger partial charge on any atom is 0.421 e. The highest BCUT2D eigenvalue weighted by atomic mass is 16.4. The van der Waals surface area contributed by atoms with Gasteiger partial charge in [0.05, 0.1) is 0 Å². The van der Waals surface area contributed by atoms with Crippen LogP contribution in [0, 0.1) is 0 Å². The van der Waals surface area contributed by atoms with Gasteiger partial charge in [0, 0.05) is 21.1 Å². The zero-order valence-corrected chi connectivity index (χ0v) is 5.25. The van der Waals surface area contributed by atoms with Crippen LogP contribution in [-0.2, 0) is 0 Å². The number of carbonyl (C=O) groups is 1. The minimum absolute atomic E-state index is 0.949. The number of hydrogen-bond acceptors (Lipinski definition) is 2. The minimum atomic E-state index is -0.949. The second-order valence-corrected chi connectivity index (χ2v) is 1.65. The average Bonchev–Trinajstić information content (AvgIpc) is 1.64. The number of rotatable bonds is 1. The van der Waals surface area contributed by atoms with E-state index in [0.717, 1.165) is 5.01 Å². The van der Waals surface area contributed by atoms with Gasteiger partial charge in [0.25, 0.3) is 0 Å². The van der Waals surface area contributed by atoms with Gasteiger partial charge in [0.2, 0.25) is 0 Å². The summed E-state index contributed by atoms with van der Waals surface area (Å²) in [5.41, 5.74) is 0. The van der Waals surface area contributed by atoms with E-state index < -0.39 is 6.09 Å². The van der Waals surface area contributed by atoms with Crippen LogP contribution in [0.4, 0.5) is 4.79 Å². The van der Waals surface area contributed by atoms with E-state index >= 15 is 0 Å². The second kappa shape index (κ2) is 2.52. The van der Waals surface area contributed by atoms with E-state index in [9.17, 15) is 4.79 Å². The SMILES string of the molecule is CN(C)N(C)C(=O)O. The van der Waals surface area contributed by atoms with E-state index in [1.165, 1.54) is 12.1 Å². The summed E-state index contributed by atoms with van der Waals surface area (Å²) in [7, 11) is 4.80. The summed E-state index contributed by atoms with van der Waals surface area (Å²) < 4.78 is 0. The van der Waals surface area contributed by atoms with Crippen LogP contribution in [0.15, 0.2) is 0 Å². The van der Waals surface area contributed by atoms with Crippen LogP contribution in [0.2, 0.25) is 0 Å². The molecule has 0 radical (unpaired) electrons. The molecule has 4 nitrogen and oxygen atoms in total. The van der Waals surface area contributed by atoms with Crippen molar-refractivity contribution in [2.45, 2.75) is 0 Å². The van der Waals surface area contributed by atoms with E-state index in [-0.39, 0.29) is 0 Å². The molecule has 48 valence electrons. The van der Waals surface area contributed by atoms with E-state index in [1.807, 2.05) is 0 Å². The van der Waals surface area contributed by atoms with Crippen LogP contribution in [0.3, 0.4) is 0 Å². The zero-order valence-electron chi connectivity index (χ0n) is 5.25. The van der Waals surface area contributed by atoms with Gasteiger partial charge >= 0.3 is 6.09 Å². The van der Waals surface area contributed by atoms with Gasteiger partial charge in [-0.15, -0.1) is 0 Å². The van der Waals surface area contributed by atoms with Gasteiger partial charge in [-0.1, -0.05) is 0 Å². The van der Waals surface area contributed by atoms with Crippen LogP contribution in [0.1, 0.15) is 0 Å². The van der Waals surface area contributed by atoms with Gasteiger partial charge in [-0.25, -0.2) is 14.8 Å². The third-order valence-electron chi connectivity index (χ3n) is 0.877. The van der Waals surface area contributed by atoms with Crippen LogP contribution in [0.25, 0.3) is 0 Å². The van der Waals surface area contributed by atoms with Gasteiger partial charge in [-0.3, -0.25) is 0 Å². The molecule has 0 unspecified atom stereocenters. The van der Waals surface area contributed by atoms with Crippen molar-refractivity contribution < 1.29 is 9.90 Å². The number of hydrogen-bond donors (Lipinski definition) is 1. The molecule has 0 spiro atoms. The molecule has 0 aliphatic carbocycles. The lowest BCUT2D eigenvalue weighted by atomic mass is 10.9. The van der Waals surface area contributed by atoms with E-state index in [2.05, 4.69) is 0 Å². The fraction of sp³-hybridized carbons (Fsp3) is 0.750. The Morgan fingerprint density at radius 3 is 1.75 bits per heavy atom. The van der Waals surface area contributed by atoms with Crippen molar-refractivity contribution in [1.82, 2.24) is 10.0 Å². The molecule has 1 N–H and O–H groups in total. The molecule has 0 saturated heterocycles. The third-order valence-corrected chi connectivity index (χ3v) is 0.877. The van der Waals surface area contributed by atoms with Gasteiger partial charge in [-0.2, -0.15) is 0 Å². The highest BCUT2D eigenvalue weighted by Crippen LogP contribution is 1.83. The van der Waals surface area contributed by atoms with Crippen molar-refractivity contribution in [3.8, 4) is 0 Å². The summed E-state index contributed by atoms with van der Waals surface area (Å²) >= 11 is 0. The summed E-state index contributed by atoms with van der Waals surface area (Å²) in [6.07, 6.45) is -0.949.